The zero-order chi connectivity index (χ0) is 5.70. The summed E-state index contributed by atoms with van der Waals surface area (Å²) < 4.78 is 0. The number of hydrogen-bond donors (Lipinski definition) is 1. The van der Waals surface area contributed by atoms with Gasteiger partial charge in [-0.05, 0) is 0 Å². The van der Waals surface area contributed by atoms with E-state index in [1.807, 2.05) is 0 Å². The smallest absolute Gasteiger partial charge is 0.227 e. The Labute approximate surface area is 41.1 Å². The van der Waals surface area contributed by atoms with Crippen LogP contribution in [-0.4, -0.2) is 24.9 Å². The fourth-order valence-corrected chi connectivity index (χ4v) is 0.114. The van der Waals surface area contributed by atoms with Gasteiger partial charge in [-0.15, -0.1) is 0 Å². The molecule has 4 nitrogen and oxygen atoms in total. The standard InChI is InChI=1S/C3H6N2O2/c1-5(3-7)4-2-6/h2-3H,1H3,(H,4,6). The minimum Gasteiger partial charge on any atom is -0.277 e. The molecule has 0 rings (SSSR count). The molecule has 0 aromatic carbocycles. The van der Waals surface area contributed by atoms with Gasteiger partial charge in [0.2, 0.25) is 12.8 Å². The van der Waals surface area contributed by atoms with Gasteiger partial charge in [0.1, 0.15) is 0 Å². The Morgan fingerprint density at radius 2 is 2.14 bits per heavy atom. The van der Waals surface area contributed by atoms with Gasteiger partial charge in [0.25, 0.3) is 0 Å². The SMILES string of the molecule is CN(C=O)NC=O. The van der Waals surface area contributed by atoms with Crippen molar-refractivity contribution in [3.05, 3.63) is 0 Å². The molecule has 0 aliphatic rings. The summed E-state index contributed by atoms with van der Waals surface area (Å²) in [4.78, 5) is 19.1. The Bertz CT molecular complexity index is 73.3. The Hall–Kier alpha value is -1.06. The summed E-state index contributed by atoms with van der Waals surface area (Å²) in [5, 5.41) is 1.01. The number of hydrogen-bond acceptors (Lipinski definition) is 2. The minimum absolute atomic E-state index is 0.425. The van der Waals surface area contributed by atoms with Gasteiger partial charge in [-0.3, -0.25) is 20.0 Å². The normalized spacial score (nSPS) is 7.00. The molecule has 2 amide bonds. The molecule has 0 heterocycles. The van der Waals surface area contributed by atoms with E-state index in [-0.39, 0.29) is 0 Å². The Morgan fingerprint density at radius 3 is 2.29 bits per heavy atom. The molecule has 0 fully saturated rings. The van der Waals surface area contributed by atoms with E-state index >= 15 is 0 Å². The molecule has 40 valence electrons. The molecular formula is C3H6N2O2. The molecule has 7 heavy (non-hydrogen) atoms. The Morgan fingerprint density at radius 1 is 1.57 bits per heavy atom. The van der Waals surface area contributed by atoms with Gasteiger partial charge < -0.3 is 0 Å². The highest BCUT2D eigenvalue weighted by molar-refractivity contribution is 5.53. The maximum absolute atomic E-state index is 9.60. The van der Waals surface area contributed by atoms with Gasteiger partial charge in [0.05, 0.1) is 0 Å². The van der Waals surface area contributed by atoms with Crippen LogP contribution in [0.1, 0.15) is 0 Å². The van der Waals surface area contributed by atoms with E-state index in [9.17, 15) is 9.59 Å². The van der Waals surface area contributed by atoms with Gasteiger partial charge in [-0.25, -0.2) is 0 Å². The molecule has 0 saturated heterocycles. The molecule has 0 spiro atoms. The van der Waals surface area contributed by atoms with Crippen molar-refractivity contribution >= 4 is 12.8 Å². The number of hydrazine groups is 1. The van der Waals surface area contributed by atoms with Crippen molar-refractivity contribution in [2.45, 2.75) is 0 Å². The van der Waals surface area contributed by atoms with Gasteiger partial charge in [-0.2, -0.15) is 0 Å². The second-order valence-electron chi connectivity index (χ2n) is 0.963. The van der Waals surface area contributed by atoms with E-state index in [0.29, 0.717) is 12.8 Å². The molecule has 0 saturated carbocycles. The van der Waals surface area contributed by atoms with Crippen LogP contribution in [0.5, 0.6) is 0 Å². The highest BCUT2D eigenvalue weighted by Crippen LogP contribution is 1.54. The van der Waals surface area contributed by atoms with Crippen molar-refractivity contribution in [1.29, 1.82) is 0 Å². The first-order chi connectivity index (χ1) is 3.31. The molecule has 4 heteroatoms. The van der Waals surface area contributed by atoms with E-state index in [1.54, 1.807) is 0 Å². The topological polar surface area (TPSA) is 49.4 Å². The lowest BCUT2D eigenvalue weighted by Gasteiger charge is -2.04. The lowest BCUT2D eigenvalue weighted by atomic mass is 11.1. The van der Waals surface area contributed by atoms with Crippen LogP contribution in [0.2, 0.25) is 0 Å². The first-order valence-electron chi connectivity index (χ1n) is 1.69. The van der Waals surface area contributed by atoms with Crippen molar-refractivity contribution in [3.63, 3.8) is 0 Å². The maximum Gasteiger partial charge on any atom is 0.227 e. The van der Waals surface area contributed by atoms with Crippen molar-refractivity contribution in [2.75, 3.05) is 7.05 Å². The molecule has 0 unspecified atom stereocenters. The number of amides is 2. The highest BCUT2D eigenvalue weighted by atomic mass is 16.2. The van der Waals surface area contributed by atoms with E-state index in [2.05, 4.69) is 5.43 Å². The minimum atomic E-state index is 0.425. The van der Waals surface area contributed by atoms with Gasteiger partial charge in [0, 0.05) is 7.05 Å². The first kappa shape index (κ1) is 5.94. The monoisotopic (exact) mass is 102 g/mol. The van der Waals surface area contributed by atoms with Crippen LogP contribution in [0.3, 0.4) is 0 Å². The van der Waals surface area contributed by atoms with Crippen molar-refractivity contribution < 1.29 is 9.59 Å². The zero-order valence-electron chi connectivity index (χ0n) is 3.92. The van der Waals surface area contributed by atoms with E-state index in [1.165, 1.54) is 7.05 Å². The molecule has 0 aromatic heterocycles. The number of carbonyl (C=O) groups is 2. The van der Waals surface area contributed by atoms with E-state index in [4.69, 9.17) is 0 Å². The third-order valence-corrected chi connectivity index (χ3v) is 0.414. The van der Waals surface area contributed by atoms with Crippen molar-refractivity contribution in [2.24, 2.45) is 0 Å². The Kier molecular flexibility index (Phi) is 2.67. The summed E-state index contributed by atoms with van der Waals surface area (Å²) in [6.45, 7) is 0. The predicted octanol–water partition coefficient (Wildman–Crippen LogP) is -1.26. The quantitative estimate of drug-likeness (QED) is 0.357. The first-order valence-corrected chi connectivity index (χ1v) is 1.69. The second-order valence-corrected chi connectivity index (χ2v) is 0.963. The van der Waals surface area contributed by atoms with Crippen LogP contribution >= 0.6 is 0 Å². The lowest BCUT2D eigenvalue weighted by molar-refractivity contribution is -0.125. The fraction of sp³-hybridized carbons (Fsp3) is 0.333. The van der Waals surface area contributed by atoms with Crippen LogP contribution in [-0.2, 0) is 9.59 Å². The third-order valence-electron chi connectivity index (χ3n) is 0.414. The van der Waals surface area contributed by atoms with E-state index < -0.39 is 0 Å². The summed E-state index contributed by atoms with van der Waals surface area (Å²) in [5.74, 6) is 0. The lowest BCUT2D eigenvalue weighted by Crippen LogP contribution is -2.31. The summed E-state index contributed by atoms with van der Waals surface area (Å²) in [6, 6.07) is 0. The Balaban J connectivity index is 3.15. The molecule has 0 aliphatic heterocycles. The second kappa shape index (κ2) is 3.14. The summed E-state index contributed by atoms with van der Waals surface area (Å²) in [5.41, 5.74) is 2.08. The molecule has 0 radical (unpaired) electrons. The fourth-order valence-electron chi connectivity index (χ4n) is 0.114. The third kappa shape index (κ3) is 2.75. The average Bonchev–Trinajstić information content (AvgIpc) is 1.68. The number of nitrogens with one attached hydrogen (secondary N) is 1. The number of rotatable bonds is 3. The molecule has 0 bridgehead atoms. The van der Waals surface area contributed by atoms with Crippen LogP contribution in [0.25, 0.3) is 0 Å². The average molecular weight is 102 g/mol. The molecular weight excluding hydrogens is 96.0 g/mol. The largest absolute Gasteiger partial charge is 0.277 e. The van der Waals surface area contributed by atoms with Crippen molar-refractivity contribution in [3.8, 4) is 0 Å². The zero-order valence-corrected chi connectivity index (χ0v) is 3.92. The number of nitrogens with zero attached hydrogens (tertiary/aromatic N) is 1. The van der Waals surface area contributed by atoms with Crippen LogP contribution in [0, 0.1) is 0 Å². The van der Waals surface area contributed by atoms with Crippen molar-refractivity contribution in [1.82, 2.24) is 10.4 Å². The molecule has 0 aliphatic carbocycles. The molecule has 0 aromatic rings. The van der Waals surface area contributed by atoms with Gasteiger partial charge in [0.15, 0.2) is 0 Å². The molecule has 1 N–H and O–H groups in total. The maximum atomic E-state index is 9.60. The summed E-state index contributed by atoms with van der Waals surface area (Å²) in [6.07, 6.45) is 0.919. The summed E-state index contributed by atoms with van der Waals surface area (Å²) in [7, 11) is 1.43. The predicted molar refractivity (Wildman–Crippen MR) is 23.0 cm³/mol. The van der Waals surface area contributed by atoms with Crippen LogP contribution in [0.15, 0.2) is 0 Å². The highest BCUT2D eigenvalue weighted by Gasteiger charge is 1.81. The van der Waals surface area contributed by atoms with Gasteiger partial charge >= 0.3 is 0 Å². The van der Waals surface area contributed by atoms with Gasteiger partial charge in [-0.1, -0.05) is 0 Å². The molecule has 0 atom stereocenters. The summed E-state index contributed by atoms with van der Waals surface area (Å²) >= 11 is 0. The number of carbonyl (C=O) groups excluding carboxylic acids is 2. The van der Waals surface area contributed by atoms with E-state index in [0.717, 1.165) is 5.01 Å². The van der Waals surface area contributed by atoms with Crippen LogP contribution in [0.4, 0.5) is 0 Å². The van der Waals surface area contributed by atoms with Crippen LogP contribution < -0.4 is 5.43 Å².